The second-order valence-corrected chi connectivity index (χ2v) is 6.53. The van der Waals surface area contributed by atoms with Crippen LogP contribution in [0.15, 0.2) is 45.7 Å². The van der Waals surface area contributed by atoms with Crippen molar-refractivity contribution >= 4 is 55.8 Å². The second-order valence-electron chi connectivity index (χ2n) is 5.21. The summed E-state index contributed by atoms with van der Waals surface area (Å²) in [7, 11) is 0. The highest BCUT2D eigenvalue weighted by molar-refractivity contribution is 9.10. The van der Waals surface area contributed by atoms with Crippen LogP contribution in [0.1, 0.15) is 11.4 Å². The summed E-state index contributed by atoms with van der Waals surface area (Å²) in [5, 5.41) is 21.0. The lowest BCUT2D eigenvalue weighted by molar-refractivity contribution is -0.384. The summed E-state index contributed by atoms with van der Waals surface area (Å²) in [4.78, 5) is 29.5. The van der Waals surface area contributed by atoms with E-state index < -0.39 is 10.5 Å². The number of halogens is 2. The second kappa shape index (κ2) is 7.07. The number of nitro benzene ring substituents is 1. The number of aromatic amines is 1. The summed E-state index contributed by atoms with van der Waals surface area (Å²) in [6.45, 7) is 0. The Bertz CT molecular complexity index is 1180. The first-order chi connectivity index (χ1) is 12.4. The van der Waals surface area contributed by atoms with Gasteiger partial charge in [-0.05, 0) is 30.3 Å². The zero-order chi connectivity index (χ0) is 18.8. The minimum atomic E-state index is -0.562. The summed E-state index contributed by atoms with van der Waals surface area (Å²) < 4.78 is 0.726. The summed E-state index contributed by atoms with van der Waals surface area (Å²) in [6, 6.07) is 10.8. The van der Waals surface area contributed by atoms with Gasteiger partial charge >= 0.3 is 0 Å². The lowest BCUT2D eigenvalue weighted by atomic mass is 10.1. The number of non-ortho nitro benzene ring substituents is 1. The van der Waals surface area contributed by atoms with Gasteiger partial charge in [0, 0.05) is 27.2 Å². The number of hydrogen-bond donors (Lipinski definition) is 1. The molecule has 0 aliphatic heterocycles. The first kappa shape index (κ1) is 17.8. The molecule has 1 heterocycles. The van der Waals surface area contributed by atoms with Gasteiger partial charge in [0.2, 0.25) is 0 Å². The van der Waals surface area contributed by atoms with Crippen LogP contribution in [0, 0.1) is 21.4 Å². The van der Waals surface area contributed by atoms with E-state index in [0.717, 1.165) is 4.47 Å². The van der Waals surface area contributed by atoms with E-state index in [1.165, 1.54) is 24.3 Å². The van der Waals surface area contributed by atoms with Crippen LogP contribution >= 0.6 is 27.5 Å². The van der Waals surface area contributed by atoms with E-state index in [-0.39, 0.29) is 27.7 Å². The van der Waals surface area contributed by atoms with Gasteiger partial charge in [0.25, 0.3) is 11.2 Å². The fraction of sp³-hybridized carbons (Fsp3) is 0. The van der Waals surface area contributed by atoms with Crippen LogP contribution in [0.25, 0.3) is 22.6 Å². The number of hydrogen-bond acceptors (Lipinski definition) is 5. The lowest BCUT2D eigenvalue weighted by Crippen LogP contribution is -2.11. The van der Waals surface area contributed by atoms with Crippen LogP contribution in [-0.2, 0) is 0 Å². The smallest absolute Gasteiger partial charge is 0.270 e. The Labute approximate surface area is 159 Å². The van der Waals surface area contributed by atoms with Crippen LogP contribution in [0.2, 0.25) is 5.02 Å². The lowest BCUT2D eigenvalue weighted by Gasteiger charge is -2.04. The fourth-order valence-electron chi connectivity index (χ4n) is 2.30. The number of fused-ring (bicyclic) bond motifs is 1. The maximum Gasteiger partial charge on any atom is 0.270 e. The van der Waals surface area contributed by atoms with Gasteiger partial charge in [0.1, 0.15) is 6.07 Å². The number of nitrogens with zero attached hydrogens (tertiary/aromatic N) is 3. The van der Waals surface area contributed by atoms with E-state index in [4.69, 9.17) is 11.6 Å². The molecule has 3 aromatic rings. The molecule has 0 aliphatic carbocycles. The van der Waals surface area contributed by atoms with Crippen LogP contribution < -0.4 is 5.56 Å². The molecule has 0 fully saturated rings. The Balaban J connectivity index is 2.17. The molecule has 0 spiro atoms. The Hall–Kier alpha value is -3.02. The summed E-state index contributed by atoms with van der Waals surface area (Å²) in [5.41, 5.74) is 0.142. The highest BCUT2D eigenvalue weighted by Gasteiger charge is 2.12. The molecule has 128 valence electrons. The van der Waals surface area contributed by atoms with Crippen LogP contribution in [0.3, 0.4) is 0 Å². The molecule has 0 unspecified atom stereocenters. The zero-order valence-corrected chi connectivity index (χ0v) is 15.2. The quantitative estimate of drug-likeness (QED) is 0.377. The minimum absolute atomic E-state index is 0.0225. The number of benzene rings is 2. The molecule has 0 amide bonds. The molecule has 0 radical (unpaired) electrons. The molecular weight excluding hydrogens is 424 g/mol. The maximum atomic E-state index is 12.3. The summed E-state index contributed by atoms with van der Waals surface area (Å²) >= 11 is 9.34. The zero-order valence-electron chi connectivity index (χ0n) is 12.9. The van der Waals surface area contributed by atoms with Gasteiger partial charge in [-0.25, -0.2) is 4.98 Å². The van der Waals surface area contributed by atoms with E-state index in [0.29, 0.717) is 10.9 Å². The molecule has 0 bridgehead atoms. The van der Waals surface area contributed by atoms with Gasteiger partial charge in [0.05, 0.1) is 21.4 Å². The van der Waals surface area contributed by atoms with Crippen molar-refractivity contribution in [3.05, 3.63) is 77.7 Å². The van der Waals surface area contributed by atoms with Crippen molar-refractivity contribution in [3.63, 3.8) is 0 Å². The standard InChI is InChI=1S/C17H8BrClN4O3/c18-11-1-4-15-13(7-11)17(24)22-16(21-15)10(8-20)5-9-6-12(23(25)26)2-3-14(9)19/h1-7H,(H,21,22,24)/b10-5+. The fourth-order valence-corrected chi connectivity index (χ4v) is 2.84. The highest BCUT2D eigenvalue weighted by Crippen LogP contribution is 2.26. The van der Waals surface area contributed by atoms with Crippen molar-refractivity contribution in [3.8, 4) is 6.07 Å². The van der Waals surface area contributed by atoms with E-state index in [9.17, 15) is 20.2 Å². The predicted molar refractivity (Wildman–Crippen MR) is 102 cm³/mol. The normalized spacial score (nSPS) is 11.3. The van der Waals surface area contributed by atoms with Crippen LogP contribution in [0.5, 0.6) is 0 Å². The van der Waals surface area contributed by atoms with Gasteiger partial charge in [-0.15, -0.1) is 0 Å². The first-order valence-corrected chi connectivity index (χ1v) is 8.32. The van der Waals surface area contributed by atoms with Crippen LogP contribution in [-0.4, -0.2) is 14.9 Å². The molecule has 1 N–H and O–H groups in total. The Morgan fingerprint density at radius 1 is 1.35 bits per heavy atom. The van der Waals surface area contributed by atoms with Gasteiger partial charge < -0.3 is 4.98 Å². The van der Waals surface area contributed by atoms with E-state index in [2.05, 4.69) is 25.9 Å². The molecule has 9 heteroatoms. The topological polar surface area (TPSA) is 113 Å². The minimum Gasteiger partial charge on any atom is -0.305 e. The van der Waals surface area contributed by atoms with Crippen molar-refractivity contribution in [2.75, 3.05) is 0 Å². The molecule has 3 rings (SSSR count). The molecule has 0 saturated carbocycles. The van der Waals surface area contributed by atoms with Gasteiger partial charge in [-0.1, -0.05) is 27.5 Å². The van der Waals surface area contributed by atoms with E-state index >= 15 is 0 Å². The van der Waals surface area contributed by atoms with Crippen molar-refractivity contribution in [1.29, 1.82) is 5.26 Å². The third-order valence-electron chi connectivity index (χ3n) is 3.53. The molecular formula is C17H8BrClN4O3. The molecule has 2 aromatic carbocycles. The Morgan fingerprint density at radius 3 is 2.81 bits per heavy atom. The maximum absolute atomic E-state index is 12.3. The molecule has 0 atom stereocenters. The van der Waals surface area contributed by atoms with Crippen LogP contribution in [0.4, 0.5) is 5.69 Å². The number of aromatic nitrogens is 2. The molecule has 26 heavy (non-hydrogen) atoms. The van der Waals surface area contributed by atoms with Crippen molar-refractivity contribution < 1.29 is 4.92 Å². The third kappa shape index (κ3) is 3.49. The number of nitriles is 1. The van der Waals surface area contributed by atoms with Gasteiger partial charge in [0.15, 0.2) is 5.82 Å². The average molecular weight is 432 g/mol. The Kier molecular flexibility index (Phi) is 4.84. The van der Waals surface area contributed by atoms with E-state index in [1.54, 1.807) is 18.2 Å². The molecule has 1 aromatic heterocycles. The number of rotatable bonds is 3. The molecule has 0 saturated heterocycles. The predicted octanol–water partition coefficient (Wildman–Crippen LogP) is 4.31. The largest absolute Gasteiger partial charge is 0.305 e. The van der Waals surface area contributed by atoms with E-state index in [1.807, 2.05) is 6.07 Å². The summed E-state index contributed by atoms with van der Waals surface area (Å²) in [5.74, 6) is 0.0508. The SMILES string of the molecule is N#C/C(=C\c1cc([N+](=O)[O-])ccc1Cl)c1nc2ccc(Br)cc2c(=O)[nH]1. The van der Waals surface area contributed by atoms with Gasteiger partial charge in [-0.3, -0.25) is 14.9 Å². The summed E-state index contributed by atoms with van der Waals surface area (Å²) in [6.07, 6.45) is 1.35. The molecule has 0 aliphatic rings. The molecule has 7 nitrogen and oxygen atoms in total. The Morgan fingerprint density at radius 2 is 2.12 bits per heavy atom. The van der Waals surface area contributed by atoms with Crippen molar-refractivity contribution in [2.24, 2.45) is 0 Å². The van der Waals surface area contributed by atoms with Crippen molar-refractivity contribution in [1.82, 2.24) is 9.97 Å². The number of H-pyrrole nitrogens is 1. The monoisotopic (exact) mass is 430 g/mol. The number of allylic oxidation sites excluding steroid dienone is 1. The van der Waals surface area contributed by atoms with Gasteiger partial charge in [-0.2, -0.15) is 5.26 Å². The number of nitro groups is 1. The highest BCUT2D eigenvalue weighted by atomic mass is 79.9. The average Bonchev–Trinajstić information content (AvgIpc) is 2.61. The van der Waals surface area contributed by atoms with Crippen molar-refractivity contribution in [2.45, 2.75) is 0 Å². The first-order valence-electron chi connectivity index (χ1n) is 7.15. The third-order valence-corrected chi connectivity index (χ3v) is 4.37. The number of nitrogens with one attached hydrogen (secondary N) is 1.